The molecule has 5 atom stereocenters. The van der Waals surface area contributed by atoms with Gasteiger partial charge < -0.3 is 28.1 Å². The monoisotopic (exact) mass is 822 g/mol. The van der Waals surface area contributed by atoms with Crippen molar-refractivity contribution < 1.29 is 36.5 Å². The quantitative estimate of drug-likeness (QED) is 0.0761. The van der Waals surface area contributed by atoms with Crippen molar-refractivity contribution in [3.63, 3.8) is 0 Å². The molecule has 0 unspecified atom stereocenters. The molecule has 0 saturated carbocycles. The molecule has 308 valence electrons. The first kappa shape index (κ1) is 43.6. The van der Waals surface area contributed by atoms with Crippen LogP contribution in [-0.4, -0.2) is 53.2 Å². The summed E-state index contributed by atoms with van der Waals surface area (Å²) >= 11 is 0. The van der Waals surface area contributed by atoms with Crippen molar-refractivity contribution in [3.05, 3.63) is 179 Å². The Hall–Kier alpha value is -3.97. The van der Waals surface area contributed by atoms with Crippen molar-refractivity contribution in [1.29, 1.82) is 0 Å². The smallest absolute Gasteiger partial charge is 0.192 e. The number of hydrogen-bond acceptors (Lipinski definition) is 8. The van der Waals surface area contributed by atoms with Crippen LogP contribution in [-0.2, 0) is 76.7 Å². The van der Waals surface area contributed by atoms with Crippen LogP contribution in [0, 0.1) is 0 Å². The summed E-state index contributed by atoms with van der Waals surface area (Å²) in [7, 11) is -6.00. The van der Waals surface area contributed by atoms with Crippen molar-refractivity contribution in [2.45, 2.75) is 108 Å². The molecule has 1 aliphatic heterocycles. The van der Waals surface area contributed by atoms with Gasteiger partial charge in [-0.15, -0.1) is 0 Å². The van der Waals surface area contributed by atoms with Gasteiger partial charge in [0.15, 0.2) is 23.6 Å². The van der Waals surface area contributed by atoms with E-state index in [2.05, 4.69) is 33.9 Å². The van der Waals surface area contributed by atoms with Gasteiger partial charge >= 0.3 is 0 Å². The Balaban J connectivity index is 1.32. The highest BCUT2D eigenvalue weighted by molar-refractivity contribution is 7.91. The van der Waals surface area contributed by atoms with Crippen molar-refractivity contribution >= 4 is 18.2 Å². The van der Waals surface area contributed by atoms with Crippen LogP contribution in [0.15, 0.2) is 146 Å². The first-order valence-electron chi connectivity index (χ1n) is 20.0. The van der Waals surface area contributed by atoms with E-state index in [4.69, 9.17) is 28.1 Å². The predicted molar refractivity (Wildman–Crippen MR) is 231 cm³/mol. The molecule has 10 heteroatoms. The van der Waals surface area contributed by atoms with Crippen LogP contribution < -0.4 is 0 Å². The average Bonchev–Trinajstić information content (AvgIpc) is 3.22. The van der Waals surface area contributed by atoms with Gasteiger partial charge in [-0.2, -0.15) is 0 Å². The lowest BCUT2D eigenvalue weighted by atomic mass is 9.98. The third-order valence-corrected chi connectivity index (χ3v) is 17.3. The van der Waals surface area contributed by atoms with Crippen molar-refractivity contribution in [3.8, 4) is 0 Å². The lowest BCUT2D eigenvalue weighted by molar-refractivity contribution is -0.256. The summed E-state index contributed by atoms with van der Waals surface area (Å²) in [6, 6.07) is 46.8. The van der Waals surface area contributed by atoms with Gasteiger partial charge in [0.1, 0.15) is 24.4 Å². The second-order valence-corrected chi connectivity index (χ2v) is 23.4. The van der Waals surface area contributed by atoms with Gasteiger partial charge in [-0.1, -0.05) is 166 Å². The van der Waals surface area contributed by atoms with Gasteiger partial charge in [0.2, 0.25) is 0 Å². The molecule has 1 fully saturated rings. The SMILES string of the molecule is CC(C)(C)[Si](C)(C)OCc1ccc(CS(=O)(=O)[C@@H]2O[C@H](COCc3ccccc3)[C@@H](OCc3ccccc3)[C@H](OCc3ccccc3)[C@H]2OCc2ccccc2)cc1. The van der Waals surface area contributed by atoms with Crippen molar-refractivity contribution in [2.24, 2.45) is 0 Å². The average molecular weight is 823 g/mol. The van der Waals surface area contributed by atoms with Gasteiger partial charge in [0.05, 0.1) is 45.4 Å². The van der Waals surface area contributed by atoms with E-state index >= 15 is 0 Å². The van der Waals surface area contributed by atoms with Crippen molar-refractivity contribution in [2.75, 3.05) is 6.61 Å². The maximum Gasteiger partial charge on any atom is 0.192 e. The molecule has 0 radical (unpaired) electrons. The fourth-order valence-electron chi connectivity index (χ4n) is 6.56. The summed E-state index contributed by atoms with van der Waals surface area (Å²) < 4.78 is 69.2. The number of hydrogen-bond donors (Lipinski definition) is 0. The van der Waals surface area contributed by atoms with E-state index in [0.717, 1.165) is 27.8 Å². The molecule has 0 amide bonds. The van der Waals surface area contributed by atoms with Gasteiger partial charge in [-0.05, 0) is 51.5 Å². The van der Waals surface area contributed by atoms with E-state index in [1.165, 1.54) is 0 Å². The first-order chi connectivity index (χ1) is 27.9. The first-order valence-corrected chi connectivity index (χ1v) is 24.7. The lowest BCUT2D eigenvalue weighted by Crippen LogP contribution is -2.63. The summed E-state index contributed by atoms with van der Waals surface area (Å²) in [6.45, 7) is 12.6. The zero-order valence-corrected chi connectivity index (χ0v) is 36.2. The Kier molecular flexibility index (Phi) is 15.3. The van der Waals surface area contributed by atoms with E-state index < -0.39 is 48.0 Å². The molecule has 5 aromatic carbocycles. The number of benzene rings is 5. The highest BCUT2D eigenvalue weighted by atomic mass is 32.2. The summed E-state index contributed by atoms with van der Waals surface area (Å²) in [5, 5.41) is 0.0822. The Bertz CT molecular complexity index is 2060. The lowest BCUT2D eigenvalue weighted by Gasteiger charge is -2.45. The van der Waals surface area contributed by atoms with Crippen LogP contribution >= 0.6 is 0 Å². The molecule has 1 saturated heterocycles. The third kappa shape index (κ3) is 12.3. The normalized spacial score (nSPS) is 20.2. The van der Waals surface area contributed by atoms with E-state index in [9.17, 15) is 8.42 Å². The molecule has 0 aliphatic carbocycles. The van der Waals surface area contributed by atoms with Gasteiger partial charge in [-0.25, -0.2) is 8.42 Å². The predicted octanol–water partition coefficient (Wildman–Crippen LogP) is 9.82. The Morgan fingerprint density at radius 1 is 0.517 bits per heavy atom. The standard InChI is InChI=1S/C48H58O8SSi/c1-48(2,3)58(4,5)55-34-41-26-28-42(29-27-41)36-57(49,50)47-46(54-33-40-24-16-9-17-25-40)45(53-32-39-22-14-8-15-23-39)44(52-31-38-20-12-7-13-21-38)43(56-47)35-51-30-37-18-10-6-11-19-37/h6-29,43-47H,30-36H2,1-5H3/t43-,44-,45+,46-,47+/m1/s1. The minimum absolute atomic E-state index is 0.0693. The molecular formula is C48H58O8SSi. The van der Waals surface area contributed by atoms with E-state index in [-0.39, 0.29) is 37.2 Å². The van der Waals surface area contributed by atoms with Crippen LogP contribution in [0.3, 0.4) is 0 Å². The zero-order valence-electron chi connectivity index (χ0n) is 34.4. The molecule has 6 rings (SSSR count). The highest BCUT2D eigenvalue weighted by Gasteiger charge is 2.53. The topological polar surface area (TPSA) is 89.5 Å². The second-order valence-electron chi connectivity index (χ2n) is 16.5. The van der Waals surface area contributed by atoms with Gasteiger partial charge in [-0.3, -0.25) is 0 Å². The second kappa shape index (κ2) is 20.3. The Morgan fingerprint density at radius 2 is 0.914 bits per heavy atom. The molecule has 8 nitrogen and oxygen atoms in total. The largest absolute Gasteiger partial charge is 0.413 e. The maximum absolute atomic E-state index is 14.8. The zero-order chi connectivity index (χ0) is 41.0. The Labute approximate surface area is 346 Å². The van der Waals surface area contributed by atoms with Crippen LogP contribution in [0.25, 0.3) is 0 Å². The molecule has 0 bridgehead atoms. The summed E-state index contributed by atoms with van der Waals surface area (Å²) in [5.74, 6) is -0.259. The minimum atomic E-state index is -4.04. The molecule has 1 heterocycles. The van der Waals surface area contributed by atoms with E-state index in [1.54, 1.807) is 0 Å². The fourth-order valence-corrected chi connectivity index (χ4v) is 9.30. The van der Waals surface area contributed by atoms with Gasteiger partial charge in [0.25, 0.3) is 0 Å². The van der Waals surface area contributed by atoms with Crippen LogP contribution in [0.4, 0.5) is 0 Å². The third-order valence-electron chi connectivity index (χ3n) is 11.0. The molecular weight excluding hydrogens is 765 g/mol. The number of rotatable bonds is 19. The molecule has 0 aromatic heterocycles. The molecule has 5 aromatic rings. The summed E-state index contributed by atoms with van der Waals surface area (Å²) in [4.78, 5) is 0. The van der Waals surface area contributed by atoms with Crippen molar-refractivity contribution in [1.82, 2.24) is 0 Å². The molecule has 0 N–H and O–H groups in total. The van der Waals surface area contributed by atoms with Gasteiger partial charge in [0, 0.05) is 0 Å². The van der Waals surface area contributed by atoms with Crippen LogP contribution in [0.5, 0.6) is 0 Å². The van der Waals surface area contributed by atoms with E-state index in [1.807, 2.05) is 146 Å². The minimum Gasteiger partial charge on any atom is -0.413 e. The van der Waals surface area contributed by atoms with Crippen LogP contribution in [0.1, 0.15) is 54.2 Å². The summed E-state index contributed by atoms with van der Waals surface area (Å²) in [6.07, 6.45) is -3.44. The number of sulfone groups is 1. The van der Waals surface area contributed by atoms with Crippen LogP contribution in [0.2, 0.25) is 18.1 Å². The fraction of sp³-hybridized carbons (Fsp3) is 0.375. The maximum atomic E-state index is 14.8. The number of ether oxygens (including phenoxy) is 5. The molecule has 1 aliphatic rings. The Morgan fingerprint density at radius 3 is 1.38 bits per heavy atom. The molecule has 0 spiro atoms. The van der Waals surface area contributed by atoms with E-state index in [0.29, 0.717) is 18.8 Å². The summed E-state index contributed by atoms with van der Waals surface area (Å²) in [5.41, 5.74) is 4.03. The molecule has 58 heavy (non-hydrogen) atoms. The highest BCUT2D eigenvalue weighted by Crippen LogP contribution is 2.37.